The van der Waals surface area contributed by atoms with Gasteiger partial charge in [0.05, 0.1) is 7.11 Å². The molecule has 3 rings (SSSR count). The van der Waals surface area contributed by atoms with Crippen molar-refractivity contribution in [2.24, 2.45) is 5.73 Å². The molecule has 0 aliphatic carbocycles. The van der Waals surface area contributed by atoms with Gasteiger partial charge >= 0.3 is 0 Å². The van der Waals surface area contributed by atoms with Gasteiger partial charge in [-0.3, -0.25) is 9.59 Å². The zero-order chi connectivity index (χ0) is 19.4. The van der Waals surface area contributed by atoms with Crippen LogP contribution in [0.25, 0.3) is 0 Å². The first-order chi connectivity index (χ1) is 12.9. The summed E-state index contributed by atoms with van der Waals surface area (Å²) in [7, 11) is 1.62. The van der Waals surface area contributed by atoms with Crippen LogP contribution in [0.4, 0.5) is 0 Å². The molecule has 1 aliphatic rings. The Bertz CT molecular complexity index is 809. The third-order valence-electron chi connectivity index (χ3n) is 4.98. The van der Waals surface area contributed by atoms with Gasteiger partial charge in [0.15, 0.2) is 0 Å². The van der Waals surface area contributed by atoms with E-state index in [0.717, 1.165) is 11.3 Å². The van der Waals surface area contributed by atoms with Crippen LogP contribution < -0.4 is 15.8 Å². The van der Waals surface area contributed by atoms with Gasteiger partial charge in [-0.2, -0.15) is 0 Å². The van der Waals surface area contributed by atoms with E-state index in [4.69, 9.17) is 10.5 Å². The van der Waals surface area contributed by atoms with E-state index >= 15 is 0 Å². The summed E-state index contributed by atoms with van der Waals surface area (Å²) in [5.74, 6) is 0.348. The minimum atomic E-state index is -1.19. The summed E-state index contributed by atoms with van der Waals surface area (Å²) in [5.41, 5.74) is 6.78. The Morgan fingerprint density at radius 1 is 1.21 bits per heavy atom. The molecule has 2 aromatic carbocycles. The third kappa shape index (κ3) is 4.64. The molecule has 2 unspecified atom stereocenters. The summed E-state index contributed by atoms with van der Waals surface area (Å²) >= 11 is 0. The lowest BCUT2D eigenvalue weighted by molar-refractivity contribution is -0.134. The summed E-state index contributed by atoms with van der Waals surface area (Å²) in [5, 5.41) is 2.83. The van der Waals surface area contributed by atoms with Crippen LogP contribution in [0.1, 0.15) is 24.5 Å². The highest BCUT2D eigenvalue weighted by atomic mass is 35.5. The predicted molar refractivity (Wildman–Crippen MR) is 110 cm³/mol. The Labute approximate surface area is 171 Å². The molecule has 0 aromatic heterocycles. The lowest BCUT2D eigenvalue weighted by Gasteiger charge is -2.26. The van der Waals surface area contributed by atoms with Crippen LogP contribution in [0.5, 0.6) is 5.75 Å². The molecule has 28 heavy (non-hydrogen) atoms. The topological polar surface area (TPSA) is 84.7 Å². The molecule has 0 spiro atoms. The van der Waals surface area contributed by atoms with Crippen molar-refractivity contribution >= 4 is 24.2 Å². The van der Waals surface area contributed by atoms with Gasteiger partial charge < -0.3 is 20.7 Å². The molecule has 2 aromatic rings. The lowest BCUT2D eigenvalue weighted by Crippen LogP contribution is -2.53. The molecule has 2 atom stereocenters. The van der Waals surface area contributed by atoms with E-state index in [9.17, 15) is 9.59 Å². The van der Waals surface area contributed by atoms with Gasteiger partial charge in [0.1, 0.15) is 17.3 Å². The fourth-order valence-electron chi connectivity index (χ4n) is 3.20. The quantitative estimate of drug-likeness (QED) is 0.774. The van der Waals surface area contributed by atoms with Crippen molar-refractivity contribution in [3.63, 3.8) is 0 Å². The van der Waals surface area contributed by atoms with Gasteiger partial charge in [0.25, 0.3) is 0 Å². The average Bonchev–Trinajstić information content (AvgIpc) is 3.02. The molecule has 6 nitrogen and oxygen atoms in total. The molecule has 2 amide bonds. The highest BCUT2D eigenvalue weighted by Gasteiger charge is 2.37. The minimum Gasteiger partial charge on any atom is -0.497 e. The average molecular weight is 404 g/mol. The number of likely N-dealkylation sites (tertiary alicyclic amines) is 1. The van der Waals surface area contributed by atoms with Crippen LogP contribution in [-0.4, -0.2) is 36.4 Å². The lowest BCUT2D eigenvalue weighted by atomic mass is 9.92. The molecule has 150 valence electrons. The maximum atomic E-state index is 12.7. The van der Waals surface area contributed by atoms with Gasteiger partial charge in [-0.1, -0.05) is 42.5 Å². The van der Waals surface area contributed by atoms with Crippen molar-refractivity contribution in [1.29, 1.82) is 0 Å². The molecule has 1 aliphatic heterocycles. The summed E-state index contributed by atoms with van der Waals surface area (Å²) < 4.78 is 5.15. The number of nitrogens with one attached hydrogen (secondary N) is 1. The monoisotopic (exact) mass is 403 g/mol. The van der Waals surface area contributed by atoms with E-state index in [1.807, 2.05) is 54.6 Å². The maximum absolute atomic E-state index is 12.7. The zero-order valence-electron chi connectivity index (χ0n) is 16.1. The van der Waals surface area contributed by atoms with Gasteiger partial charge in [0.2, 0.25) is 11.8 Å². The summed E-state index contributed by atoms with van der Waals surface area (Å²) in [6, 6.07) is 16.2. The van der Waals surface area contributed by atoms with E-state index in [1.165, 1.54) is 0 Å². The Hall–Kier alpha value is -2.57. The molecule has 1 heterocycles. The second-order valence-corrected chi connectivity index (χ2v) is 6.99. The number of rotatable bonds is 6. The fourth-order valence-corrected chi connectivity index (χ4v) is 3.20. The number of amides is 2. The predicted octanol–water partition coefficient (Wildman–Crippen LogP) is 2.21. The van der Waals surface area contributed by atoms with E-state index in [-0.39, 0.29) is 24.2 Å². The van der Waals surface area contributed by atoms with Crippen molar-refractivity contribution in [1.82, 2.24) is 10.2 Å². The third-order valence-corrected chi connectivity index (χ3v) is 4.98. The van der Waals surface area contributed by atoms with Crippen LogP contribution in [0, 0.1) is 0 Å². The SMILES string of the molecule is COc1ccc(CN2CCC(NC(=O)C(C)(N)c3ccccc3)C2=O)cc1.Cl. The molecular formula is C21H26ClN3O3. The normalized spacial score (nSPS) is 18.2. The Balaban J connectivity index is 0.00000280. The molecule has 3 N–H and O–H groups in total. The molecule has 0 radical (unpaired) electrons. The number of ether oxygens (including phenoxy) is 1. The molecule has 7 heteroatoms. The van der Waals surface area contributed by atoms with Gasteiger partial charge in [-0.25, -0.2) is 0 Å². The van der Waals surface area contributed by atoms with Gasteiger partial charge in [-0.15, -0.1) is 12.4 Å². The maximum Gasteiger partial charge on any atom is 0.245 e. The number of carbonyl (C=O) groups excluding carboxylic acids is 2. The largest absolute Gasteiger partial charge is 0.497 e. The Morgan fingerprint density at radius 2 is 1.86 bits per heavy atom. The zero-order valence-corrected chi connectivity index (χ0v) is 16.9. The van der Waals surface area contributed by atoms with Gasteiger partial charge in [-0.05, 0) is 36.6 Å². The first-order valence-corrected chi connectivity index (χ1v) is 8.99. The number of hydrogen-bond donors (Lipinski definition) is 2. The number of nitrogens with zero attached hydrogens (tertiary/aromatic N) is 1. The van der Waals surface area contributed by atoms with E-state index in [1.54, 1.807) is 18.9 Å². The number of nitrogens with two attached hydrogens (primary N) is 1. The van der Waals surface area contributed by atoms with Crippen LogP contribution in [0.3, 0.4) is 0 Å². The fraction of sp³-hybridized carbons (Fsp3) is 0.333. The van der Waals surface area contributed by atoms with Crippen LogP contribution in [-0.2, 0) is 21.7 Å². The van der Waals surface area contributed by atoms with Crippen molar-refractivity contribution in [2.45, 2.75) is 31.5 Å². The molecule has 0 saturated carbocycles. The number of halogens is 1. The minimum absolute atomic E-state index is 0. The highest BCUT2D eigenvalue weighted by Crippen LogP contribution is 2.21. The first kappa shape index (κ1) is 21.7. The Morgan fingerprint density at radius 3 is 2.46 bits per heavy atom. The van der Waals surface area contributed by atoms with Gasteiger partial charge in [0, 0.05) is 13.1 Å². The second-order valence-electron chi connectivity index (χ2n) is 6.99. The summed E-state index contributed by atoms with van der Waals surface area (Å²) in [4.78, 5) is 27.1. The van der Waals surface area contributed by atoms with E-state index in [0.29, 0.717) is 25.1 Å². The smallest absolute Gasteiger partial charge is 0.245 e. The highest BCUT2D eigenvalue weighted by molar-refractivity contribution is 5.93. The summed E-state index contributed by atoms with van der Waals surface area (Å²) in [6.45, 7) is 2.77. The number of benzene rings is 2. The van der Waals surface area contributed by atoms with Crippen molar-refractivity contribution in [3.8, 4) is 5.75 Å². The van der Waals surface area contributed by atoms with Crippen LogP contribution >= 0.6 is 12.4 Å². The molecular weight excluding hydrogens is 378 g/mol. The van der Waals surface area contributed by atoms with Crippen molar-refractivity contribution in [2.75, 3.05) is 13.7 Å². The second kappa shape index (κ2) is 9.08. The van der Waals surface area contributed by atoms with E-state index < -0.39 is 11.6 Å². The number of carbonyl (C=O) groups is 2. The van der Waals surface area contributed by atoms with Crippen LogP contribution in [0.15, 0.2) is 54.6 Å². The van der Waals surface area contributed by atoms with Crippen molar-refractivity contribution < 1.29 is 14.3 Å². The number of methoxy groups -OCH3 is 1. The molecule has 1 fully saturated rings. The van der Waals surface area contributed by atoms with Crippen molar-refractivity contribution in [3.05, 3.63) is 65.7 Å². The van der Waals surface area contributed by atoms with Crippen LogP contribution in [0.2, 0.25) is 0 Å². The van der Waals surface area contributed by atoms with E-state index in [2.05, 4.69) is 5.32 Å². The summed E-state index contributed by atoms with van der Waals surface area (Å²) in [6.07, 6.45) is 0.575. The number of hydrogen-bond acceptors (Lipinski definition) is 4. The molecule has 0 bridgehead atoms. The standard InChI is InChI=1S/C21H25N3O3.ClH/c1-21(22,16-6-4-3-5-7-16)20(26)23-18-12-13-24(19(18)25)14-15-8-10-17(27-2)11-9-15;/h3-11,18H,12-14,22H2,1-2H3,(H,23,26);1H. The Kier molecular flexibility index (Phi) is 7.05. The molecule has 1 saturated heterocycles. The first-order valence-electron chi connectivity index (χ1n) is 8.99.